The predicted octanol–water partition coefficient (Wildman–Crippen LogP) is 3.67. The molecule has 0 radical (unpaired) electrons. The van der Waals surface area contributed by atoms with Crippen molar-refractivity contribution >= 4 is 27.5 Å². The Morgan fingerprint density at radius 3 is 2.71 bits per heavy atom. The van der Waals surface area contributed by atoms with Crippen LogP contribution in [-0.2, 0) is 11.3 Å². The summed E-state index contributed by atoms with van der Waals surface area (Å²) in [7, 11) is 0. The second-order valence-corrected chi connectivity index (χ2v) is 10.0. The summed E-state index contributed by atoms with van der Waals surface area (Å²) in [6.07, 6.45) is 4.64. The highest BCUT2D eigenvalue weighted by Crippen LogP contribution is 2.61. The second-order valence-electron chi connectivity index (χ2n) is 9.24. The fourth-order valence-electron chi connectivity index (χ4n) is 5.13. The highest BCUT2D eigenvalue weighted by Gasteiger charge is 2.56. The number of anilines is 1. The van der Waals surface area contributed by atoms with Crippen molar-refractivity contribution in [1.82, 2.24) is 20.1 Å². The normalized spacial score (nSPS) is 27.1. The van der Waals surface area contributed by atoms with Crippen LogP contribution in [0.15, 0.2) is 40.0 Å². The van der Waals surface area contributed by atoms with Gasteiger partial charge in [0.25, 0.3) is 17.8 Å². The molecule has 9 heteroatoms. The van der Waals surface area contributed by atoms with Gasteiger partial charge in [-0.1, -0.05) is 20.8 Å². The number of aromatic nitrogens is 3. The SMILES string of the molecule is C[C@@H]1[C@H]2C[C@@H](C[C@H]1Nc1cnn(C(F)C(=O)NCc3ccncc3)c(=O)c1Br)C2(C)C. The third-order valence-corrected chi connectivity index (χ3v) is 8.05. The maximum atomic E-state index is 14.7. The summed E-state index contributed by atoms with van der Waals surface area (Å²) in [5, 5.41) is 9.83. The predicted molar refractivity (Wildman–Crippen MR) is 119 cm³/mol. The summed E-state index contributed by atoms with van der Waals surface area (Å²) in [5.74, 6) is 0.845. The lowest BCUT2D eigenvalue weighted by atomic mass is 9.45. The van der Waals surface area contributed by atoms with E-state index in [1.807, 2.05) is 0 Å². The molecule has 1 unspecified atom stereocenters. The van der Waals surface area contributed by atoms with Crippen LogP contribution in [0.4, 0.5) is 10.1 Å². The van der Waals surface area contributed by atoms with E-state index in [4.69, 9.17) is 0 Å². The van der Waals surface area contributed by atoms with Crippen molar-refractivity contribution in [2.24, 2.45) is 23.2 Å². The van der Waals surface area contributed by atoms with E-state index in [0.717, 1.165) is 12.0 Å². The van der Waals surface area contributed by atoms with Crippen LogP contribution in [-0.4, -0.2) is 26.7 Å². The van der Waals surface area contributed by atoms with E-state index in [0.29, 0.717) is 33.5 Å². The summed E-state index contributed by atoms with van der Waals surface area (Å²) in [6.45, 7) is 7.04. The highest BCUT2D eigenvalue weighted by molar-refractivity contribution is 9.10. The quantitative estimate of drug-likeness (QED) is 0.643. The minimum absolute atomic E-state index is 0.135. The zero-order valence-electron chi connectivity index (χ0n) is 17.8. The van der Waals surface area contributed by atoms with Gasteiger partial charge in [0, 0.05) is 25.0 Å². The van der Waals surface area contributed by atoms with E-state index in [1.165, 1.54) is 12.6 Å². The van der Waals surface area contributed by atoms with Crippen molar-refractivity contribution in [3.05, 3.63) is 51.1 Å². The van der Waals surface area contributed by atoms with Crippen LogP contribution in [0, 0.1) is 23.2 Å². The van der Waals surface area contributed by atoms with Crippen molar-refractivity contribution in [2.45, 2.75) is 52.5 Å². The number of hydrogen-bond donors (Lipinski definition) is 2. The van der Waals surface area contributed by atoms with Gasteiger partial charge in [0.05, 0.1) is 11.9 Å². The van der Waals surface area contributed by atoms with E-state index in [9.17, 15) is 14.0 Å². The number of halogens is 2. The lowest BCUT2D eigenvalue weighted by molar-refractivity contribution is -0.129. The van der Waals surface area contributed by atoms with E-state index in [2.05, 4.69) is 57.4 Å². The average Bonchev–Trinajstić information content (AvgIpc) is 2.76. The van der Waals surface area contributed by atoms with Gasteiger partial charge in [-0.2, -0.15) is 9.78 Å². The molecule has 2 aromatic heterocycles. The van der Waals surface area contributed by atoms with Gasteiger partial charge in [-0.15, -0.1) is 0 Å². The lowest BCUT2D eigenvalue weighted by Crippen LogP contribution is -2.58. The number of alkyl halides is 1. The lowest BCUT2D eigenvalue weighted by Gasteiger charge is -2.62. The van der Waals surface area contributed by atoms with E-state index in [1.54, 1.807) is 24.5 Å². The molecule has 7 nitrogen and oxygen atoms in total. The van der Waals surface area contributed by atoms with Crippen LogP contribution in [0.5, 0.6) is 0 Å². The van der Waals surface area contributed by atoms with Crippen molar-refractivity contribution in [3.8, 4) is 0 Å². The molecule has 2 bridgehead atoms. The van der Waals surface area contributed by atoms with Crippen LogP contribution in [0.2, 0.25) is 0 Å². The molecule has 2 heterocycles. The van der Waals surface area contributed by atoms with Gasteiger partial charge < -0.3 is 10.6 Å². The van der Waals surface area contributed by atoms with Gasteiger partial charge >= 0.3 is 0 Å². The van der Waals surface area contributed by atoms with Gasteiger partial charge in [-0.25, -0.2) is 4.39 Å². The molecule has 2 aromatic rings. The maximum Gasteiger partial charge on any atom is 0.286 e. The molecule has 1 amide bonds. The fourth-order valence-corrected chi connectivity index (χ4v) is 5.53. The number of amides is 1. The van der Waals surface area contributed by atoms with Crippen molar-refractivity contribution in [3.63, 3.8) is 0 Å². The van der Waals surface area contributed by atoms with E-state index in [-0.39, 0.29) is 17.1 Å². The van der Waals surface area contributed by atoms with Crippen LogP contribution in [0.3, 0.4) is 0 Å². The molecule has 0 spiro atoms. The van der Waals surface area contributed by atoms with Gasteiger partial charge in [0.15, 0.2) is 0 Å². The zero-order valence-corrected chi connectivity index (χ0v) is 19.4. The van der Waals surface area contributed by atoms with Crippen LogP contribution in [0.1, 0.15) is 45.5 Å². The minimum Gasteiger partial charge on any atom is -0.380 e. The fraction of sp³-hybridized carbons (Fsp3) is 0.545. The molecule has 3 fully saturated rings. The zero-order chi connectivity index (χ0) is 22.3. The van der Waals surface area contributed by atoms with Gasteiger partial charge in [0.1, 0.15) is 4.47 Å². The molecule has 0 aliphatic heterocycles. The Bertz CT molecular complexity index is 1030. The number of rotatable bonds is 6. The molecule has 5 atom stereocenters. The monoisotopic (exact) mass is 491 g/mol. The first-order valence-corrected chi connectivity index (χ1v) is 11.3. The van der Waals surface area contributed by atoms with Crippen molar-refractivity contribution in [2.75, 3.05) is 5.32 Å². The number of carbonyl (C=O) groups excluding carboxylic acids is 1. The molecular weight excluding hydrogens is 465 g/mol. The topological polar surface area (TPSA) is 88.9 Å². The number of nitrogens with one attached hydrogen (secondary N) is 2. The Hall–Kier alpha value is -2.29. The first-order valence-electron chi connectivity index (χ1n) is 10.5. The Balaban J connectivity index is 1.43. The Kier molecular flexibility index (Phi) is 5.89. The summed E-state index contributed by atoms with van der Waals surface area (Å²) < 4.78 is 15.4. The molecule has 166 valence electrons. The molecule has 3 aliphatic carbocycles. The summed E-state index contributed by atoms with van der Waals surface area (Å²) in [5.41, 5.74) is 0.980. The van der Waals surface area contributed by atoms with Gasteiger partial charge in [-0.3, -0.25) is 14.6 Å². The Morgan fingerprint density at radius 1 is 1.35 bits per heavy atom. The first-order chi connectivity index (χ1) is 14.7. The summed E-state index contributed by atoms with van der Waals surface area (Å²) in [6, 6.07) is 3.66. The number of fused-ring (bicyclic) bond motifs is 2. The van der Waals surface area contributed by atoms with Gasteiger partial charge in [-0.05, 0) is 69.6 Å². The molecule has 31 heavy (non-hydrogen) atoms. The first kappa shape index (κ1) is 21.9. The smallest absolute Gasteiger partial charge is 0.286 e. The van der Waals surface area contributed by atoms with Crippen molar-refractivity contribution < 1.29 is 9.18 Å². The molecule has 3 aliphatic rings. The maximum absolute atomic E-state index is 14.7. The van der Waals surface area contributed by atoms with Crippen molar-refractivity contribution in [1.29, 1.82) is 0 Å². The molecule has 0 saturated heterocycles. The number of nitrogens with zero attached hydrogens (tertiary/aromatic N) is 3. The highest BCUT2D eigenvalue weighted by atomic mass is 79.9. The second kappa shape index (κ2) is 8.33. The molecule has 5 rings (SSSR count). The minimum atomic E-state index is -2.22. The van der Waals surface area contributed by atoms with Crippen LogP contribution in [0.25, 0.3) is 0 Å². The Labute approximate surface area is 189 Å². The molecular formula is C22H27BrFN5O2. The third-order valence-electron chi connectivity index (χ3n) is 7.29. The van der Waals surface area contributed by atoms with E-state index < -0.39 is 17.8 Å². The summed E-state index contributed by atoms with van der Waals surface area (Å²) in [4.78, 5) is 28.8. The number of hydrogen-bond acceptors (Lipinski definition) is 5. The van der Waals surface area contributed by atoms with E-state index >= 15 is 0 Å². The van der Waals surface area contributed by atoms with Crippen LogP contribution >= 0.6 is 15.9 Å². The Morgan fingerprint density at radius 2 is 2.06 bits per heavy atom. The summed E-state index contributed by atoms with van der Waals surface area (Å²) >= 11 is 3.28. The number of pyridine rings is 1. The largest absolute Gasteiger partial charge is 0.380 e. The molecule has 3 saturated carbocycles. The van der Waals surface area contributed by atoms with Crippen LogP contribution < -0.4 is 16.2 Å². The number of carbonyl (C=O) groups is 1. The third kappa shape index (κ3) is 4.00. The van der Waals surface area contributed by atoms with Gasteiger partial charge in [0.2, 0.25) is 0 Å². The molecule has 0 aromatic carbocycles. The molecule has 2 N–H and O–H groups in total. The average molecular weight is 492 g/mol. The standard InChI is InChI=1S/C22H27BrFN5O2/c1-12-15-8-14(22(15,2)3)9-16(12)28-17-11-27-29(21(31)18(17)23)19(24)20(30)26-10-13-4-6-25-7-5-13/h4-7,11-12,14-16,19,28H,8-10H2,1-3H3,(H,26,30)/t12-,14+,15-,16-,19?/m1/s1.